The maximum atomic E-state index is 12.0. The molecule has 0 aliphatic heterocycles. The van der Waals surface area contributed by atoms with E-state index in [1.165, 1.54) is 6.07 Å². The molecule has 0 aliphatic rings. The number of hydrogen-bond donors (Lipinski definition) is 2. The van der Waals surface area contributed by atoms with E-state index in [0.29, 0.717) is 11.6 Å². The Labute approximate surface area is 112 Å². The average molecular weight is 294 g/mol. The van der Waals surface area contributed by atoms with Crippen LogP contribution in [0.4, 0.5) is 0 Å². The molecule has 1 aromatic carbocycles. The van der Waals surface area contributed by atoms with E-state index in [4.69, 9.17) is 21.4 Å². The Bertz CT molecular complexity index is 516. The molecule has 1 aromatic rings. The van der Waals surface area contributed by atoms with Gasteiger partial charge >= 0.3 is 0 Å². The molecule has 102 valence electrons. The van der Waals surface area contributed by atoms with Gasteiger partial charge in [-0.25, -0.2) is 13.1 Å². The zero-order valence-electron chi connectivity index (χ0n) is 10.2. The molecular weight excluding hydrogens is 278 g/mol. The SMILES string of the molecule is CCOc1cc(C)c(Cl)cc1S(=O)(=O)NCCO. The molecule has 0 saturated heterocycles. The molecule has 18 heavy (non-hydrogen) atoms. The van der Waals surface area contributed by atoms with Crippen molar-refractivity contribution in [1.82, 2.24) is 4.72 Å². The van der Waals surface area contributed by atoms with Gasteiger partial charge in [0.05, 0.1) is 13.2 Å². The highest BCUT2D eigenvalue weighted by atomic mass is 35.5. The molecular formula is C11H16ClNO4S. The summed E-state index contributed by atoms with van der Waals surface area (Å²) in [6, 6.07) is 2.93. The molecule has 0 atom stereocenters. The highest BCUT2D eigenvalue weighted by Crippen LogP contribution is 2.30. The highest BCUT2D eigenvalue weighted by molar-refractivity contribution is 7.89. The summed E-state index contributed by atoms with van der Waals surface area (Å²) in [5.74, 6) is 0.254. The number of aliphatic hydroxyl groups excluding tert-OH is 1. The Hall–Kier alpha value is -0.820. The van der Waals surface area contributed by atoms with Gasteiger partial charge in [0, 0.05) is 11.6 Å². The third kappa shape index (κ3) is 3.58. The topological polar surface area (TPSA) is 75.6 Å². The smallest absolute Gasteiger partial charge is 0.244 e. The summed E-state index contributed by atoms with van der Waals surface area (Å²) < 4.78 is 31.5. The lowest BCUT2D eigenvalue weighted by atomic mass is 10.2. The van der Waals surface area contributed by atoms with E-state index in [9.17, 15) is 8.42 Å². The van der Waals surface area contributed by atoms with E-state index in [0.717, 1.165) is 5.56 Å². The normalized spacial score (nSPS) is 11.6. The van der Waals surface area contributed by atoms with Crippen molar-refractivity contribution >= 4 is 21.6 Å². The molecule has 1 rings (SSSR count). The van der Waals surface area contributed by atoms with Crippen molar-refractivity contribution in [3.8, 4) is 5.75 Å². The molecule has 0 fully saturated rings. The first-order valence-electron chi connectivity index (χ1n) is 5.45. The molecule has 0 saturated carbocycles. The maximum absolute atomic E-state index is 12.0. The summed E-state index contributed by atoms with van der Waals surface area (Å²) in [6.45, 7) is 3.55. The predicted molar refractivity (Wildman–Crippen MR) is 69.6 cm³/mol. The van der Waals surface area contributed by atoms with E-state index in [1.807, 2.05) is 0 Å². The van der Waals surface area contributed by atoms with Crippen LogP contribution in [0.25, 0.3) is 0 Å². The summed E-state index contributed by atoms with van der Waals surface area (Å²) in [4.78, 5) is -0.0200. The van der Waals surface area contributed by atoms with Crippen LogP contribution in [-0.4, -0.2) is 33.3 Å². The Morgan fingerprint density at radius 3 is 2.67 bits per heavy atom. The van der Waals surface area contributed by atoms with E-state index in [-0.39, 0.29) is 23.8 Å². The Kier molecular flexibility index (Phi) is 5.40. The van der Waals surface area contributed by atoms with Crippen LogP contribution in [0.5, 0.6) is 5.75 Å². The summed E-state index contributed by atoms with van der Waals surface area (Å²) >= 11 is 5.93. The van der Waals surface area contributed by atoms with Crippen LogP contribution in [-0.2, 0) is 10.0 Å². The molecule has 5 nitrogen and oxygen atoms in total. The van der Waals surface area contributed by atoms with E-state index >= 15 is 0 Å². The third-order valence-corrected chi connectivity index (χ3v) is 4.11. The molecule has 0 unspecified atom stereocenters. The fourth-order valence-electron chi connectivity index (χ4n) is 1.37. The third-order valence-electron chi connectivity index (χ3n) is 2.22. The number of sulfonamides is 1. The standard InChI is InChI=1S/C11H16ClNO4S/c1-3-17-10-6-8(2)9(12)7-11(10)18(15,16)13-4-5-14/h6-7,13-14H,3-5H2,1-2H3. The molecule has 2 N–H and O–H groups in total. The van der Waals surface area contributed by atoms with Gasteiger partial charge in [0.1, 0.15) is 10.6 Å². The minimum Gasteiger partial charge on any atom is -0.492 e. The van der Waals surface area contributed by atoms with E-state index < -0.39 is 10.0 Å². The van der Waals surface area contributed by atoms with Crippen LogP contribution in [0.3, 0.4) is 0 Å². The zero-order chi connectivity index (χ0) is 13.8. The van der Waals surface area contributed by atoms with Gasteiger partial charge in [0.25, 0.3) is 0 Å². The second-order valence-corrected chi connectivity index (χ2v) is 5.75. The molecule has 0 spiro atoms. The summed E-state index contributed by atoms with van der Waals surface area (Å²) in [5, 5.41) is 9.01. The van der Waals surface area contributed by atoms with Gasteiger partial charge in [-0.15, -0.1) is 0 Å². The van der Waals surface area contributed by atoms with Crippen LogP contribution < -0.4 is 9.46 Å². The Morgan fingerprint density at radius 1 is 1.44 bits per heavy atom. The molecule has 7 heteroatoms. The molecule has 0 aromatic heterocycles. The molecule has 0 radical (unpaired) electrons. The lowest BCUT2D eigenvalue weighted by molar-refractivity contribution is 0.300. The van der Waals surface area contributed by atoms with Crippen molar-refractivity contribution in [2.45, 2.75) is 18.7 Å². The number of nitrogens with one attached hydrogen (secondary N) is 1. The van der Waals surface area contributed by atoms with Gasteiger partial charge in [-0.1, -0.05) is 11.6 Å². The molecule has 0 bridgehead atoms. The maximum Gasteiger partial charge on any atom is 0.244 e. The molecule has 0 heterocycles. The van der Waals surface area contributed by atoms with Crippen LogP contribution in [0.1, 0.15) is 12.5 Å². The zero-order valence-corrected chi connectivity index (χ0v) is 11.8. The summed E-state index contributed by atoms with van der Waals surface area (Å²) in [6.07, 6.45) is 0. The fourth-order valence-corrected chi connectivity index (χ4v) is 2.77. The lowest BCUT2D eigenvalue weighted by Gasteiger charge is -2.13. The predicted octanol–water partition coefficient (Wildman–Crippen LogP) is 1.32. The first-order valence-corrected chi connectivity index (χ1v) is 7.32. The largest absolute Gasteiger partial charge is 0.492 e. The lowest BCUT2D eigenvalue weighted by Crippen LogP contribution is -2.27. The van der Waals surface area contributed by atoms with Crippen molar-refractivity contribution in [3.05, 3.63) is 22.7 Å². The van der Waals surface area contributed by atoms with Gasteiger partial charge in [-0.05, 0) is 31.5 Å². The number of ether oxygens (including phenoxy) is 1. The van der Waals surface area contributed by atoms with Crippen molar-refractivity contribution in [1.29, 1.82) is 0 Å². The van der Waals surface area contributed by atoms with Crippen LogP contribution >= 0.6 is 11.6 Å². The van der Waals surface area contributed by atoms with Gasteiger partial charge in [0.15, 0.2) is 0 Å². The number of benzene rings is 1. The molecule has 0 aliphatic carbocycles. The summed E-state index contributed by atoms with van der Waals surface area (Å²) in [7, 11) is -3.73. The van der Waals surface area contributed by atoms with Crippen molar-refractivity contribution in [2.24, 2.45) is 0 Å². The Morgan fingerprint density at radius 2 is 2.11 bits per heavy atom. The minimum absolute atomic E-state index is 0.0200. The highest BCUT2D eigenvalue weighted by Gasteiger charge is 2.20. The van der Waals surface area contributed by atoms with Gasteiger partial charge in [-0.2, -0.15) is 0 Å². The second kappa shape index (κ2) is 6.38. The number of aryl methyl sites for hydroxylation is 1. The van der Waals surface area contributed by atoms with Crippen molar-refractivity contribution in [2.75, 3.05) is 19.8 Å². The van der Waals surface area contributed by atoms with Crippen molar-refractivity contribution < 1.29 is 18.3 Å². The monoisotopic (exact) mass is 293 g/mol. The Balaban J connectivity index is 3.24. The van der Waals surface area contributed by atoms with Crippen LogP contribution in [0.2, 0.25) is 5.02 Å². The number of hydrogen-bond acceptors (Lipinski definition) is 4. The summed E-state index contributed by atoms with van der Waals surface area (Å²) in [5.41, 5.74) is 0.737. The minimum atomic E-state index is -3.73. The van der Waals surface area contributed by atoms with Gasteiger partial charge in [0.2, 0.25) is 10.0 Å². The van der Waals surface area contributed by atoms with Gasteiger partial charge < -0.3 is 9.84 Å². The van der Waals surface area contributed by atoms with E-state index in [1.54, 1.807) is 19.9 Å². The average Bonchev–Trinajstić information content (AvgIpc) is 2.31. The van der Waals surface area contributed by atoms with Gasteiger partial charge in [-0.3, -0.25) is 0 Å². The second-order valence-electron chi connectivity index (χ2n) is 3.60. The first kappa shape index (κ1) is 15.2. The fraction of sp³-hybridized carbons (Fsp3) is 0.455. The van der Waals surface area contributed by atoms with Crippen LogP contribution in [0, 0.1) is 6.92 Å². The van der Waals surface area contributed by atoms with Crippen LogP contribution in [0.15, 0.2) is 17.0 Å². The quantitative estimate of drug-likeness (QED) is 0.829. The first-order chi connectivity index (χ1) is 8.42. The number of aliphatic hydroxyl groups is 1. The number of halogens is 1. The van der Waals surface area contributed by atoms with E-state index in [2.05, 4.69) is 4.72 Å². The molecule has 0 amide bonds. The van der Waals surface area contributed by atoms with Crippen molar-refractivity contribution in [3.63, 3.8) is 0 Å². The number of rotatable bonds is 6.